The third kappa shape index (κ3) is 6.05. The van der Waals surface area contributed by atoms with Crippen LogP contribution in [-0.2, 0) is 17.8 Å². The highest BCUT2D eigenvalue weighted by Gasteiger charge is 2.23. The van der Waals surface area contributed by atoms with Crippen LogP contribution in [0.1, 0.15) is 18.1 Å². The van der Waals surface area contributed by atoms with Crippen LogP contribution >= 0.6 is 11.3 Å². The number of rotatable bonds is 10. The average Bonchev–Trinajstić information content (AvgIpc) is 3.39. The van der Waals surface area contributed by atoms with Crippen molar-refractivity contribution < 1.29 is 23.7 Å². The molecule has 0 fully saturated rings. The standard InChI is InChI=1S/C32H30N2O6S/c1-4-39-32(36)40-27-20-34(19-22-10-8-9-13-26(22)38-3)31-28(29(27)35)25(18-33-23-11-6-5-7-12-23)30(41-31)21-14-16-24(37-2)17-15-21/h5-17,20,33H,4,18-19H2,1-3H3. The Bertz CT molecular complexity index is 1710. The Labute approximate surface area is 241 Å². The summed E-state index contributed by atoms with van der Waals surface area (Å²) in [6.45, 7) is 2.56. The summed E-state index contributed by atoms with van der Waals surface area (Å²) in [5.41, 5.74) is 3.18. The molecule has 41 heavy (non-hydrogen) atoms. The van der Waals surface area contributed by atoms with Crippen LogP contribution in [0.5, 0.6) is 17.2 Å². The second-order valence-corrected chi connectivity index (χ2v) is 10.1. The number of methoxy groups -OCH3 is 2. The first-order chi connectivity index (χ1) is 20.0. The Hall–Kier alpha value is -4.76. The predicted octanol–water partition coefficient (Wildman–Crippen LogP) is 6.94. The number of anilines is 1. The van der Waals surface area contributed by atoms with Gasteiger partial charge >= 0.3 is 6.16 Å². The van der Waals surface area contributed by atoms with Crippen LogP contribution in [0.4, 0.5) is 10.5 Å². The summed E-state index contributed by atoms with van der Waals surface area (Å²) in [5.74, 6) is 1.34. The minimum atomic E-state index is -0.928. The second-order valence-electron chi connectivity index (χ2n) is 9.09. The van der Waals surface area contributed by atoms with Crippen LogP contribution in [0.25, 0.3) is 20.7 Å². The number of pyridine rings is 1. The molecule has 0 saturated carbocycles. The van der Waals surface area contributed by atoms with Crippen molar-refractivity contribution >= 4 is 33.4 Å². The Morgan fingerprint density at radius 1 is 0.902 bits per heavy atom. The van der Waals surface area contributed by atoms with Crippen molar-refractivity contribution in [2.75, 3.05) is 26.1 Å². The Morgan fingerprint density at radius 3 is 2.34 bits per heavy atom. The van der Waals surface area contributed by atoms with Gasteiger partial charge in [0.15, 0.2) is 5.75 Å². The highest BCUT2D eigenvalue weighted by molar-refractivity contribution is 7.22. The van der Waals surface area contributed by atoms with Crippen molar-refractivity contribution in [2.24, 2.45) is 0 Å². The number of thiophene rings is 1. The van der Waals surface area contributed by atoms with E-state index in [2.05, 4.69) is 5.32 Å². The molecule has 5 rings (SSSR count). The monoisotopic (exact) mass is 570 g/mol. The lowest BCUT2D eigenvalue weighted by Gasteiger charge is -2.14. The molecule has 0 aliphatic heterocycles. The van der Waals surface area contributed by atoms with Gasteiger partial charge in [-0.2, -0.15) is 0 Å². The van der Waals surface area contributed by atoms with Crippen LogP contribution in [0.3, 0.4) is 0 Å². The minimum absolute atomic E-state index is 0.106. The number of fused-ring (bicyclic) bond motifs is 1. The molecule has 0 aliphatic rings. The van der Waals surface area contributed by atoms with Gasteiger partial charge in [0.2, 0.25) is 5.43 Å². The molecule has 0 amide bonds. The van der Waals surface area contributed by atoms with Gasteiger partial charge in [0.05, 0.1) is 39.0 Å². The van der Waals surface area contributed by atoms with Gasteiger partial charge in [-0.3, -0.25) is 4.79 Å². The quantitative estimate of drug-likeness (QED) is 0.182. The molecule has 0 radical (unpaired) electrons. The number of carbonyl (C=O) groups excluding carboxylic acids is 1. The number of nitrogens with zero attached hydrogens (tertiary/aromatic N) is 1. The number of nitrogens with one attached hydrogen (secondary N) is 1. The summed E-state index contributed by atoms with van der Waals surface area (Å²) in [6, 6.07) is 25.2. The van der Waals surface area contributed by atoms with Gasteiger partial charge in [0, 0.05) is 28.2 Å². The maximum absolute atomic E-state index is 14.0. The Morgan fingerprint density at radius 2 is 1.63 bits per heavy atom. The van der Waals surface area contributed by atoms with E-state index >= 15 is 0 Å². The minimum Gasteiger partial charge on any atom is -0.497 e. The maximum atomic E-state index is 14.0. The van der Waals surface area contributed by atoms with Crippen molar-refractivity contribution in [1.82, 2.24) is 4.57 Å². The number of hydrogen-bond donors (Lipinski definition) is 1. The fourth-order valence-corrected chi connectivity index (χ4v) is 5.90. The van der Waals surface area contributed by atoms with Crippen LogP contribution in [0, 0.1) is 0 Å². The van der Waals surface area contributed by atoms with Crippen molar-refractivity contribution in [3.05, 3.63) is 106 Å². The fraction of sp³-hybridized carbons (Fsp3) is 0.188. The van der Waals surface area contributed by atoms with Crippen LogP contribution in [-0.4, -0.2) is 31.5 Å². The highest BCUT2D eigenvalue weighted by atomic mass is 32.1. The van der Waals surface area contributed by atoms with E-state index in [4.69, 9.17) is 18.9 Å². The van der Waals surface area contributed by atoms with Gasteiger partial charge in [-0.1, -0.05) is 36.4 Å². The van der Waals surface area contributed by atoms with E-state index in [-0.39, 0.29) is 17.8 Å². The summed E-state index contributed by atoms with van der Waals surface area (Å²) in [7, 11) is 3.24. The lowest BCUT2D eigenvalue weighted by molar-refractivity contribution is 0.104. The summed E-state index contributed by atoms with van der Waals surface area (Å²) in [5, 5.41) is 3.92. The van der Waals surface area contributed by atoms with Crippen LogP contribution < -0.4 is 25.0 Å². The molecule has 0 atom stereocenters. The van der Waals surface area contributed by atoms with E-state index in [0.29, 0.717) is 24.2 Å². The molecule has 210 valence electrons. The molecule has 0 unspecified atom stereocenters. The first kappa shape index (κ1) is 27.8. The Balaban J connectivity index is 1.73. The molecule has 1 N–H and O–H groups in total. The largest absolute Gasteiger partial charge is 0.514 e. The van der Waals surface area contributed by atoms with Crippen molar-refractivity contribution in [1.29, 1.82) is 0 Å². The zero-order valence-corrected chi connectivity index (χ0v) is 23.8. The van der Waals surface area contributed by atoms with Crippen molar-refractivity contribution in [3.63, 3.8) is 0 Å². The number of para-hydroxylation sites is 2. The molecule has 3 aromatic carbocycles. The smallest absolute Gasteiger partial charge is 0.497 e. The number of benzene rings is 3. The molecule has 2 aromatic heterocycles. The van der Waals surface area contributed by atoms with Gasteiger partial charge in [-0.05, 0) is 55.0 Å². The maximum Gasteiger partial charge on any atom is 0.514 e. The fourth-order valence-electron chi connectivity index (χ4n) is 4.61. The molecular formula is C32H30N2O6S. The molecule has 8 nitrogen and oxygen atoms in total. The first-order valence-electron chi connectivity index (χ1n) is 13.1. The highest BCUT2D eigenvalue weighted by Crippen LogP contribution is 2.40. The van der Waals surface area contributed by atoms with E-state index in [9.17, 15) is 9.59 Å². The van der Waals surface area contributed by atoms with Crippen molar-refractivity contribution in [3.8, 4) is 27.7 Å². The van der Waals surface area contributed by atoms with E-state index in [1.54, 1.807) is 27.3 Å². The summed E-state index contributed by atoms with van der Waals surface area (Å²) < 4.78 is 23.3. The number of ether oxygens (including phenoxy) is 4. The number of carbonyl (C=O) groups is 1. The predicted molar refractivity (Wildman–Crippen MR) is 162 cm³/mol. The lowest BCUT2D eigenvalue weighted by atomic mass is 10.1. The first-order valence-corrected chi connectivity index (χ1v) is 13.9. The lowest BCUT2D eigenvalue weighted by Crippen LogP contribution is -2.19. The van der Waals surface area contributed by atoms with Gasteiger partial charge in [0.1, 0.15) is 16.3 Å². The zero-order valence-electron chi connectivity index (χ0n) is 23.0. The zero-order chi connectivity index (χ0) is 28.8. The van der Waals surface area contributed by atoms with E-state index < -0.39 is 6.16 Å². The van der Waals surface area contributed by atoms with E-state index in [1.807, 2.05) is 83.4 Å². The third-order valence-corrected chi connectivity index (χ3v) is 7.88. The normalized spacial score (nSPS) is 10.8. The van der Waals surface area contributed by atoms with Gasteiger partial charge in [-0.15, -0.1) is 11.3 Å². The van der Waals surface area contributed by atoms with Gasteiger partial charge in [0.25, 0.3) is 0 Å². The van der Waals surface area contributed by atoms with Gasteiger partial charge in [-0.25, -0.2) is 4.79 Å². The van der Waals surface area contributed by atoms with E-state index in [1.165, 1.54) is 11.3 Å². The van der Waals surface area contributed by atoms with Crippen LogP contribution in [0.15, 0.2) is 89.9 Å². The molecule has 0 saturated heterocycles. The molecule has 9 heteroatoms. The van der Waals surface area contributed by atoms with Crippen LogP contribution in [0.2, 0.25) is 0 Å². The summed E-state index contributed by atoms with van der Waals surface area (Å²) in [6.07, 6.45) is 0.638. The molecule has 0 bridgehead atoms. The molecule has 0 aliphatic carbocycles. The third-order valence-electron chi connectivity index (χ3n) is 6.56. The summed E-state index contributed by atoms with van der Waals surface area (Å²) in [4.78, 5) is 27.9. The van der Waals surface area contributed by atoms with Crippen molar-refractivity contribution in [2.45, 2.75) is 20.0 Å². The second kappa shape index (κ2) is 12.6. The molecule has 5 aromatic rings. The van der Waals surface area contributed by atoms with Gasteiger partial charge < -0.3 is 28.8 Å². The molecular weight excluding hydrogens is 540 g/mol. The summed E-state index contributed by atoms with van der Waals surface area (Å²) >= 11 is 1.51. The molecule has 0 spiro atoms. The molecule has 2 heterocycles. The Kier molecular flexibility index (Phi) is 8.55. The number of aromatic nitrogens is 1. The number of hydrogen-bond acceptors (Lipinski definition) is 8. The SMILES string of the molecule is CCOC(=O)Oc1cn(Cc2ccccc2OC)c2sc(-c3ccc(OC)cc3)c(CNc3ccccc3)c2c1=O. The van der Waals surface area contributed by atoms with E-state index in [0.717, 1.165) is 37.8 Å². The average molecular weight is 571 g/mol. The topological polar surface area (TPSA) is 88.0 Å².